The van der Waals surface area contributed by atoms with Crippen LogP contribution in [0.5, 0.6) is 0 Å². The van der Waals surface area contributed by atoms with Crippen molar-refractivity contribution in [2.75, 3.05) is 31.5 Å². The van der Waals surface area contributed by atoms with Crippen molar-refractivity contribution in [3.05, 3.63) is 243 Å². The van der Waals surface area contributed by atoms with Crippen LogP contribution in [0.1, 0.15) is 25.0 Å². The molecule has 5 heterocycles. The summed E-state index contributed by atoms with van der Waals surface area (Å²) in [5, 5.41) is 0. The number of hydrogen-bond acceptors (Lipinski definition) is 7. The van der Waals surface area contributed by atoms with Crippen LogP contribution in [0.2, 0.25) is 0 Å². The van der Waals surface area contributed by atoms with Crippen LogP contribution in [-0.4, -0.2) is 23.6 Å². The largest absolute Gasteiger partial charge is 0.510 e. The molecule has 4 aliphatic rings. The van der Waals surface area contributed by atoms with E-state index in [2.05, 4.69) is 263 Å². The van der Waals surface area contributed by atoms with Crippen LogP contribution in [0.25, 0.3) is 0 Å². The molecule has 0 N–H and O–H groups in total. The molecule has 9 heteroatoms. The molecule has 0 aliphatic carbocycles. The molecule has 0 spiro atoms. The molecule has 0 amide bonds. The first kappa shape index (κ1) is 42.6. The van der Waals surface area contributed by atoms with Gasteiger partial charge < -0.3 is 29.4 Å². The topological polar surface area (TPSA) is 32.3 Å². The molecule has 13 rings (SSSR count). The standard InChI is InChI=1S/C60H45BN7.Pt/c1-60(2)48-25-10-13-28-52(48)68(55-38-44(32-33-49(55)60)64-36-35-63(3)41-64)46-24-18-23-45(37-46)65(58-31-16-17-34-62-58)47-39-56-59-57(40-47)67(43-21-8-5-9-22-43)54-30-15-12-27-51(54)61(59)50-26-11-14-29-53(50)66(56)42-19-6-4-7-20-42;/h4-36,39-41H,1-3H3;/q-3;. The van der Waals surface area contributed by atoms with E-state index in [1.807, 2.05) is 19.3 Å². The van der Waals surface area contributed by atoms with Gasteiger partial charge in [0.15, 0.2) is 0 Å². The van der Waals surface area contributed by atoms with Crippen LogP contribution in [0, 0.1) is 18.8 Å². The summed E-state index contributed by atoms with van der Waals surface area (Å²) in [6.07, 6.45) is 6.00. The summed E-state index contributed by atoms with van der Waals surface area (Å²) in [6.45, 7) is 6.70. The van der Waals surface area contributed by atoms with E-state index in [0.717, 1.165) is 74.1 Å². The number of benzene rings is 8. The zero-order chi connectivity index (χ0) is 45.5. The van der Waals surface area contributed by atoms with Crippen molar-refractivity contribution in [1.82, 2.24) is 9.88 Å². The summed E-state index contributed by atoms with van der Waals surface area (Å²) in [6, 6.07) is 77.8. The number of hydrogen-bond donors (Lipinski definition) is 0. The number of pyridine rings is 1. The minimum Gasteiger partial charge on any atom is -0.510 e. The Morgan fingerprint density at radius 2 is 1.14 bits per heavy atom. The second-order valence-electron chi connectivity index (χ2n) is 18.3. The van der Waals surface area contributed by atoms with Crippen LogP contribution >= 0.6 is 0 Å². The van der Waals surface area contributed by atoms with Gasteiger partial charge in [0.25, 0.3) is 6.71 Å². The summed E-state index contributed by atoms with van der Waals surface area (Å²) >= 11 is 0. The minimum absolute atomic E-state index is 0. The first-order valence-electron chi connectivity index (χ1n) is 23.2. The molecule has 0 fully saturated rings. The van der Waals surface area contributed by atoms with Crippen molar-refractivity contribution in [3.8, 4) is 0 Å². The van der Waals surface area contributed by atoms with Gasteiger partial charge in [0.2, 0.25) is 0 Å². The van der Waals surface area contributed by atoms with E-state index in [9.17, 15) is 0 Å². The molecule has 0 bridgehead atoms. The van der Waals surface area contributed by atoms with E-state index in [0.29, 0.717) is 0 Å². The molecule has 69 heavy (non-hydrogen) atoms. The van der Waals surface area contributed by atoms with Gasteiger partial charge >= 0.3 is 0 Å². The van der Waals surface area contributed by atoms with Gasteiger partial charge in [-0.15, -0.1) is 41.6 Å². The predicted molar refractivity (Wildman–Crippen MR) is 281 cm³/mol. The summed E-state index contributed by atoms with van der Waals surface area (Å²) in [5.41, 5.74) is 18.5. The monoisotopic (exact) mass is 1070 g/mol. The van der Waals surface area contributed by atoms with E-state index in [1.165, 1.54) is 27.5 Å². The normalized spacial score (nSPS) is 14.6. The SMILES string of the molecule is CN1C=CN(c2[c-]c3c(cc2)C(C)(C)c2ccccc2N3c2[c-]c(N(c3cc4c5c(c3)N(c3ccccc3)c3ccccc3B5c3ccccc3N4c3ccccc3)c3ccccn3)ccc2)[CH-]1.[Pt]. The molecule has 1 aromatic heterocycles. The third-order valence-electron chi connectivity index (χ3n) is 14.0. The Labute approximate surface area is 419 Å². The van der Waals surface area contributed by atoms with Gasteiger partial charge in [-0.1, -0.05) is 128 Å². The molecule has 0 unspecified atom stereocenters. The fraction of sp³-hybridized carbons (Fsp3) is 0.0667. The van der Waals surface area contributed by atoms with Crippen LogP contribution in [0.3, 0.4) is 0 Å². The van der Waals surface area contributed by atoms with Crippen LogP contribution in [0.15, 0.2) is 213 Å². The maximum absolute atomic E-state index is 5.09. The van der Waals surface area contributed by atoms with Crippen molar-refractivity contribution in [2.24, 2.45) is 0 Å². The van der Waals surface area contributed by atoms with Crippen LogP contribution in [0.4, 0.5) is 74.1 Å². The molecule has 0 atom stereocenters. The summed E-state index contributed by atoms with van der Waals surface area (Å²) in [4.78, 5) is 18.8. The third kappa shape index (κ3) is 6.80. The molecule has 0 saturated carbocycles. The number of rotatable bonds is 7. The smallest absolute Gasteiger partial charge is 0.252 e. The van der Waals surface area contributed by atoms with Gasteiger partial charge in [0.1, 0.15) is 5.82 Å². The van der Waals surface area contributed by atoms with E-state index < -0.39 is 0 Å². The van der Waals surface area contributed by atoms with Crippen molar-refractivity contribution in [3.63, 3.8) is 0 Å². The maximum atomic E-state index is 5.09. The van der Waals surface area contributed by atoms with E-state index in [-0.39, 0.29) is 33.2 Å². The quantitative estimate of drug-likeness (QED) is 0.116. The van der Waals surface area contributed by atoms with Crippen molar-refractivity contribution in [2.45, 2.75) is 19.3 Å². The minimum atomic E-state index is -0.273. The summed E-state index contributed by atoms with van der Waals surface area (Å²) < 4.78 is 0. The summed E-state index contributed by atoms with van der Waals surface area (Å²) in [5.74, 6) is 0.782. The zero-order valence-electron chi connectivity index (χ0n) is 38.3. The second kappa shape index (κ2) is 16.8. The molecule has 4 aliphatic heterocycles. The molecule has 7 nitrogen and oxygen atoms in total. The van der Waals surface area contributed by atoms with Crippen LogP contribution < -0.4 is 40.9 Å². The molecular formula is C60H45BN7Pt-3. The average Bonchev–Trinajstić information content (AvgIpc) is 3.83. The predicted octanol–water partition coefficient (Wildman–Crippen LogP) is 12.7. The molecule has 8 aromatic carbocycles. The van der Waals surface area contributed by atoms with E-state index in [4.69, 9.17) is 4.98 Å². The van der Waals surface area contributed by atoms with Gasteiger partial charge in [-0.25, -0.2) is 4.98 Å². The van der Waals surface area contributed by atoms with Crippen molar-refractivity contribution >= 4 is 97.2 Å². The molecule has 0 saturated heterocycles. The fourth-order valence-electron chi connectivity index (χ4n) is 10.9. The second-order valence-corrected chi connectivity index (χ2v) is 18.3. The Bertz CT molecular complexity index is 3330. The molecular weight excluding hydrogens is 1020 g/mol. The fourth-order valence-corrected chi connectivity index (χ4v) is 10.9. The van der Waals surface area contributed by atoms with Crippen molar-refractivity contribution < 1.29 is 21.1 Å². The van der Waals surface area contributed by atoms with Crippen molar-refractivity contribution in [1.29, 1.82) is 0 Å². The van der Waals surface area contributed by atoms with Gasteiger partial charge in [0, 0.05) is 72.8 Å². The Morgan fingerprint density at radius 1 is 0.536 bits per heavy atom. The first-order chi connectivity index (χ1) is 33.4. The van der Waals surface area contributed by atoms with Gasteiger partial charge in [0.05, 0.1) is 0 Å². The number of aromatic nitrogens is 1. The Hall–Kier alpha value is -7.80. The average molecular weight is 1070 g/mol. The van der Waals surface area contributed by atoms with E-state index in [1.54, 1.807) is 0 Å². The zero-order valence-corrected chi connectivity index (χ0v) is 40.6. The number of fused-ring (bicyclic) bond motifs is 6. The van der Waals surface area contributed by atoms with Gasteiger partial charge in [-0.2, -0.15) is 18.8 Å². The summed E-state index contributed by atoms with van der Waals surface area (Å²) in [7, 11) is 2.04. The number of para-hydroxylation sites is 5. The van der Waals surface area contributed by atoms with E-state index >= 15 is 0 Å². The molecule has 0 radical (unpaired) electrons. The Balaban J connectivity index is 0.00000492. The third-order valence-corrected chi connectivity index (χ3v) is 14.0. The van der Waals surface area contributed by atoms with Gasteiger partial charge in [-0.05, 0) is 114 Å². The number of nitrogens with zero attached hydrogens (tertiary/aromatic N) is 7. The Morgan fingerprint density at radius 3 is 1.77 bits per heavy atom. The van der Waals surface area contributed by atoms with Gasteiger partial charge in [-0.3, -0.25) is 0 Å². The Kier molecular flexibility index (Phi) is 10.3. The first-order valence-corrected chi connectivity index (χ1v) is 23.2. The maximum Gasteiger partial charge on any atom is 0.252 e. The number of anilines is 13. The molecule has 336 valence electrons. The molecule has 9 aromatic rings. The van der Waals surface area contributed by atoms with Crippen LogP contribution in [-0.2, 0) is 26.5 Å².